The molecule has 2 N–H and O–H groups in total. The van der Waals surface area contributed by atoms with Gasteiger partial charge in [0.05, 0.1) is 5.60 Å². The van der Waals surface area contributed by atoms with E-state index in [1.54, 1.807) is 7.11 Å². The Morgan fingerprint density at radius 2 is 2.23 bits per heavy atom. The van der Waals surface area contributed by atoms with Gasteiger partial charge in [0.25, 0.3) is 0 Å². The summed E-state index contributed by atoms with van der Waals surface area (Å²) in [5.41, 5.74) is 5.86. The molecule has 3 nitrogen and oxygen atoms in total. The summed E-state index contributed by atoms with van der Waals surface area (Å²) < 4.78 is 5.39. The number of nitrogens with two attached hydrogens (primary N) is 1. The van der Waals surface area contributed by atoms with Gasteiger partial charge >= 0.3 is 0 Å². The minimum atomic E-state index is -0.0446. The van der Waals surface area contributed by atoms with E-state index in [2.05, 4.69) is 18.7 Å². The highest BCUT2D eigenvalue weighted by atomic mass is 16.5. The van der Waals surface area contributed by atoms with Crippen LogP contribution in [0.4, 0.5) is 0 Å². The number of hydrogen-bond acceptors (Lipinski definition) is 3. The number of nitrogens with zero attached hydrogens (tertiary/aromatic N) is 1. The van der Waals surface area contributed by atoms with E-state index in [-0.39, 0.29) is 5.60 Å². The van der Waals surface area contributed by atoms with Gasteiger partial charge in [0.2, 0.25) is 0 Å². The molecule has 0 bridgehead atoms. The molecule has 0 aromatic rings. The number of hydrogen-bond donors (Lipinski definition) is 1. The topological polar surface area (TPSA) is 38.5 Å². The molecule has 0 aromatic heterocycles. The lowest BCUT2D eigenvalue weighted by molar-refractivity contribution is -0.0128. The summed E-state index contributed by atoms with van der Waals surface area (Å²) in [4.78, 5) is 2.40. The number of ether oxygens (including phenoxy) is 1. The van der Waals surface area contributed by atoms with Gasteiger partial charge < -0.3 is 10.5 Å². The van der Waals surface area contributed by atoms with Gasteiger partial charge in [0.15, 0.2) is 0 Å². The molecule has 0 amide bonds. The van der Waals surface area contributed by atoms with E-state index in [4.69, 9.17) is 10.5 Å². The summed E-state index contributed by atoms with van der Waals surface area (Å²) in [7, 11) is 1.77. The zero-order chi connectivity index (χ0) is 9.90. The fourth-order valence-electron chi connectivity index (χ4n) is 1.84. The Morgan fingerprint density at radius 3 is 2.77 bits per heavy atom. The molecule has 13 heavy (non-hydrogen) atoms. The lowest BCUT2D eigenvalue weighted by atomic mass is 10.0. The molecular weight excluding hydrogens is 164 g/mol. The first-order valence-electron chi connectivity index (χ1n) is 5.06. The Kier molecular flexibility index (Phi) is 3.71. The van der Waals surface area contributed by atoms with Crippen LogP contribution in [0.5, 0.6) is 0 Å². The van der Waals surface area contributed by atoms with Crippen LogP contribution in [0.25, 0.3) is 0 Å². The van der Waals surface area contributed by atoms with Crippen molar-refractivity contribution in [1.29, 1.82) is 0 Å². The maximum absolute atomic E-state index is 5.90. The molecule has 1 rings (SSSR count). The van der Waals surface area contributed by atoms with E-state index < -0.39 is 0 Å². The van der Waals surface area contributed by atoms with Crippen molar-refractivity contribution in [3.05, 3.63) is 0 Å². The third kappa shape index (κ3) is 3.63. The molecule has 1 aliphatic rings. The highest BCUT2D eigenvalue weighted by Crippen LogP contribution is 2.14. The first-order chi connectivity index (χ1) is 6.03. The summed E-state index contributed by atoms with van der Waals surface area (Å²) in [6.07, 6.45) is 2.39. The van der Waals surface area contributed by atoms with Crippen molar-refractivity contribution in [1.82, 2.24) is 4.90 Å². The quantitative estimate of drug-likeness (QED) is 0.709. The molecule has 3 heteroatoms. The fourth-order valence-corrected chi connectivity index (χ4v) is 1.84. The van der Waals surface area contributed by atoms with Gasteiger partial charge in [-0.15, -0.1) is 0 Å². The normalized spacial score (nSPS) is 26.3. The predicted octanol–water partition coefficient (Wildman–Crippen LogP) is 0.835. The summed E-state index contributed by atoms with van der Waals surface area (Å²) in [5, 5.41) is 0. The molecule has 1 heterocycles. The monoisotopic (exact) mass is 186 g/mol. The van der Waals surface area contributed by atoms with E-state index in [0.29, 0.717) is 6.04 Å². The standard InChI is InChI=1S/C10H22N2O/c1-10(2,13-3)8-12-6-4-5-9(11)7-12/h9H,4-8,11H2,1-3H3. The van der Waals surface area contributed by atoms with E-state index in [1.165, 1.54) is 19.4 Å². The van der Waals surface area contributed by atoms with E-state index in [9.17, 15) is 0 Å². The number of piperidine rings is 1. The van der Waals surface area contributed by atoms with Crippen molar-refractivity contribution in [3.8, 4) is 0 Å². The van der Waals surface area contributed by atoms with Crippen molar-refractivity contribution < 1.29 is 4.74 Å². The molecule has 0 saturated carbocycles. The molecule has 1 saturated heterocycles. The van der Waals surface area contributed by atoms with Gasteiger partial charge in [0.1, 0.15) is 0 Å². The number of methoxy groups -OCH3 is 1. The largest absolute Gasteiger partial charge is 0.377 e. The highest BCUT2D eigenvalue weighted by molar-refractivity contribution is 4.80. The van der Waals surface area contributed by atoms with Crippen molar-refractivity contribution in [3.63, 3.8) is 0 Å². The average Bonchev–Trinajstić information content (AvgIpc) is 2.03. The molecule has 0 radical (unpaired) electrons. The molecule has 1 fully saturated rings. The van der Waals surface area contributed by atoms with Crippen LogP contribution in [-0.4, -0.2) is 43.3 Å². The molecule has 0 aliphatic carbocycles. The Morgan fingerprint density at radius 1 is 1.54 bits per heavy atom. The third-order valence-corrected chi connectivity index (χ3v) is 2.70. The highest BCUT2D eigenvalue weighted by Gasteiger charge is 2.24. The van der Waals surface area contributed by atoms with Crippen molar-refractivity contribution in [2.45, 2.75) is 38.3 Å². The van der Waals surface area contributed by atoms with Crippen LogP contribution in [0.1, 0.15) is 26.7 Å². The molecule has 0 spiro atoms. The van der Waals surface area contributed by atoms with Crippen molar-refractivity contribution >= 4 is 0 Å². The molecule has 1 atom stereocenters. The van der Waals surface area contributed by atoms with Crippen LogP contribution >= 0.6 is 0 Å². The maximum atomic E-state index is 5.90. The fraction of sp³-hybridized carbons (Fsp3) is 1.00. The molecule has 0 aromatic carbocycles. The summed E-state index contributed by atoms with van der Waals surface area (Å²) in [5.74, 6) is 0. The Hall–Kier alpha value is -0.120. The van der Waals surface area contributed by atoms with Crippen LogP contribution in [-0.2, 0) is 4.74 Å². The lowest BCUT2D eigenvalue weighted by Crippen LogP contribution is -2.48. The first-order valence-corrected chi connectivity index (χ1v) is 5.06. The molecule has 1 unspecified atom stereocenters. The zero-order valence-electron chi connectivity index (χ0n) is 9.05. The third-order valence-electron chi connectivity index (χ3n) is 2.70. The van der Waals surface area contributed by atoms with Gasteiger partial charge in [-0.2, -0.15) is 0 Å². The van der Waals surface area contributed by atoms with Crippen LogP contribution in [0.3, 0.4) is 0 Å². The number of rotatable bonds is 3. The first kappa shape index (κ1) is 11.0. The van der Waals surface area contributed by atoms with Gasteiger partial charge in [0, 0.05) is 26.2 Å². The zero-order valence-corrected chi connectivity index (χ0v) is 9.05. The van der Waals surface area contributed by atoms with E-state index in [1.807, 2.05) is 0 Å². The SMILES string of the molecule is COC(C)(C)CN1CCCC(N)C1. The summed E-state index contributed by atoms with van der Waals surface area (Å²) in [6.45, 7) is 7.41. The Balaban J connectivity index is 2.35. The second kappa shape index (κ2) is 4.40. The smallest absolute Gasteiger partial charge is 0.0749 e. The molecule has 78 valence electrons. The van der Waals surface area contributed by atoms with E-state index in [0.717, 1.165) is 13.1 Å². The predicted molar refractivity (Wildman–Crippen MR) is 54.7 cm³/mol. The van der Waals surface area contributed by atoms with Crippen molar-refractivity contribution in [2.24, 2.45) is 5.73 Å². The maximum Gasteiger partial charge on any atom is 0.0749 e. The van der Waals surface area contributed by atoms with Crippen LogP contribution in [0, 0.1) is 0 Å². The summed E-state index contributed by atoms with van der Waals surface area (Å²) in [6, 6.07) is 0.362. The lowest BCUT2D eigenvalue weighted by Gasteiger charge is -2.36. The Bertz CT molecular complexity index is 159. The van der Waals surface area contributed by atoms with Crippen LogP contribution < -0.4 is 5.73 Å². The van der Waals surface area contributed by atoms with E-state index >= 15 is 0 Å². The number of likely N-dealkylation sites (tertiary alicyclic amines) is 1. The molecular formula is C10H22N2O. The van der Waals surface area contributed by atoms with Gasteiger partial charge in [-0.3, -0.25) is 4.90 Å². The average molecular weight is 186 g/mol. The minimum Gasteiger partial charge on any atom is -0.377 e. The summed E-state index contributed by atoms with van der Waals surface area (Å²) >= 11 is 0. The van der Waals surface area contributed by atoms with Crippen molar-refractivity contribution in [2.75, 3.05) is 26.7 Å². The molecule has 1 aliphatic heterocycles. The van der Waals surface area contributed by atoms with Gasteiger partial charge in [-0.1, -0.05) is 0 Å². The van der Waals surface area contributed by atoms with Crippen LogP contribution in [0.2, 0.25) is 0 Å². The Labute approximate surface area is 81.2 Å². The second-order valence-electron chi connectivity index (χ2n) is 4.60. The van der Waals surface area contributed by atoms with Gasteiger partial charge in [-0.25, -0.2) is 0 Å². The van der Waals surface area contributed by atoms with Gasteiger partial charge in [-0.05, 0) is 33.2 Å². The van der Waals surface area contributed by atoms with Crippen LogP contribution in [0.15, 0.2) is 0 Å². The second-order valence-corrected chi connectivity index (χ2v) is 4.60. The minimum absolute atomic E-state index is 0.0446.